The molecule has 0 radical (unpaired) electrons. The van der Waals surface area contributed by atoms with Crippen molar-refractivity contribution in [1.82, 2.24) is 4.98 Å². The van der Waals surface area contributed by atoms with Crippen molar-refractivity contribution in [3.8, 4) is 0 Å². The minimum atomic E-state index is -0.000767. The van der Waals surface area contributed by atoms with Gasteiger partial charge in [-0.2, -0.15) is 0 Å². The summed E-state index contributed by atoms with van der Waals surface area (Å²) in [5.74, 6) is 1.11. The molecule has 2 rings (SSSR count). The van der Waals surface area contributed by atoms with Crippen molar-refractivity contribution in [2.45, 2.75) is 11.4 Å². The zero-order chi connectivity index (χ0) is 9.26. The lowest BCUT2D eigenvalue weighted by Gasteiger charge is -2.15. The predicted octanol–water partition coefficient (Wildman–Crippen LogP) is 0.584. The van der Waals surface area contributed by atoms with Crippen molar-refractivity contribution < 1.29 is 4.79 Å². The van der Waals surface area contributed by atoms with Crippen LogP contribution in [0.25, 0.3) is 0 Å². The Hall–Kier alpha value is -1.07. The molecule has 68 valence electrons. The van der Waals surface area contributed by atoms with Gasteiger partial charge in [0.05, 0.1) is 16.3 Å². The SMILES string of the molecule is NCc1ccc2c(n1)NC(=O)CS2. The summed E-state index contributed by atoms with van der Waals surface area (Å²) in [7, 11) is 0. The van der Waals surface area contributed by atoms with Crippen LogP contribution in [0, 0.1) is 0 Å². The number of carbonyl (C=O) groups excluding carboxylic acids is 1. The van der Waals surface area contributed by atoms with E-state index in [1.807, 2.05) is 12.1 Å². The zero-order valence-corrected chi connectivity index (χ0v) is 7.73. The van der Waals surface area contributed by atoms with Gasteiger partial charge in [-0.05, 0) is 12.1 Å². The number of fused-ring (bicyclic) bond motifs is 1. The number of hydrogen-bond acceptors (Lipinski definition) is 4. The summed E-state index contributed by atoms with van der Waals surface area (Å²) in [6.07, 6.45) is 0. The highest BCUT2D eigenvalue weighted by Crippen LogP contribution is 2.29. The molecular weight excluding hydrogens is 186 g/mol. The predicted molar refractivity (Wildman–Crippen MR) is 51.5 cm³/mol. The van der Waals surface area contributed by atoms with Crippen LogP contribution in [-0.2, 0) is 11.3 Å². The molecule has 5 heteroatoms. The molecule has 1 aliphatic heterocycles. The number of thioether (sulfide) groups is 1. The molecule has 3 N–H and O–H groups in total. The number of rotatable bonds is 1. The maximum atomic E-state index is 11.0. The number of nitrogens with two attached hydrogens (primary N) is 1. The van der Waals surface area contributed by atoms with Crippen molar-refractivity contribution in [3.63, 3.8) is 0 Å². The van der Waals surface area contributed by atoms with E-state index in [9.17, 15) is 4.79 Å². The third kappa shape index (κ3) is 1.66. The van der Waals surface area contributed by atoms with E-state index in [0.29, 0.717) is 18.1 Å². The van der Waals surface area contributed by atoms with Gasteiger partial charge in [-0.3, -0.25) is 4.79 Å². The highest BCUT2D eigenvalue weighted by molar-refractivity contribution is 8.00. The number of carbonyl (C=O) groups is 1. The smallest absolute Gasteiger partial charge is 0.235 e. The summed E-state index contributed by atoms with van der Waals surface area (Å²) in [5, 5.41) is 2.71. The summed E-state index contributed by atoms with van der Waals surface area (Å²) in [6.45, 7) is 0.397. The third-order valence-corrected chi connectivity index (χ3v) is 2.79. The summed E-state index contributed by atoms with van der Waals surface area (Å²) >= 11 is 1.50. The number of aromatic nitrogens is 1. The van der Waals surface area contributed by atoms with Crippen LogP contribution in [0.5, 0.6) is 0 Å². The van der Waals surface area contributed by atoms with Crippen molar-refractivity contribution >= 4 is 23.5 Å². The fourth-order valence-corrected chi connectivity index (χ4v) is 1.87. The molecule has 1 amide bonds. The van der Waals surface area contributed by atoms with E-state index in [1.165, 1.54) is 11.8 Å². The van der Waals surface area contributed by atoms with Gasteiger partial charge >= 0.3 is 0 Å². The van der Waals surface area contributed by atoms with Crippen LogP contribution in [0.3, 0.4) is 0 Å². The van der Waals surface area contributed by atoms with Crippen molar-refractivity contribution in [3.05, 3.63) is 17.8 Å². The average Bonchev–Trinajstić information content (AvgIpc) is 2.16. The number of nitrogens with zero attached hydrogens (tertiary/aromatic N) is 1. The van der Waals surface area contributed by atoms with Crippen LogP contribution >= 0.6 is 11.8 Å². The average molecular weight is 195 g/mol. The van der Waals surface area contributed by atoms with E-state index < -0.39 is 0 Å². The summed E-state index contributed by atoms with van der Waals surface area (Å²) < 4.78 is 0. The maximum Gasteiger partial charge on any atom is 0.235 e. The Bertz CT molecular complexity index is 353. The molecule has 0 saturated carbocycles. The summed E-state index contributed by atoms with van der Waals surface area (Å²) in [4.78, 5) is 16.2. The minimum absolute atomic E-state index is 0.000767. The summed E-state index contributed by atoms with van der Waals surface area (Å²) in [6, 6.07) is 3.82. The second-order valence-corrected chi connectivity index (χ2v) is 3.71. The molecule has 0 atom stereocenters. The fourth-order valence-electron chi connectivity index (χ4n) is 1.12. The van der Waals surface area contributed by atoms with Gasteiger partial charge in [0.2, 0.25) is 5.91 Å². The van der Waals surface area contributed by atoms with E-state index in [1.54, 1.807) is 0 Å². The highest BCUT2D eigenvalue weighted by atomic mass is 32.2. The van der Waals surface area contributed by atoms with Crippen LogP contribution in [0.2, 0.25) is 0 Å². The molecule has 0 fully saturated rings. The summed E-state index contributed by atoms with van der Waals surface area (Å²) in [5.41, 5.74) is 6.23. The first kappa shape index (κ1) is 8.52. The monoisotopic (exact) mass is 195 g/mol. The van der Waals surface area contributed by atoms with Crippen LogP contribution in [-0.4, -0.2) is 16.6 Å². The van der Waals surface area contributed by atoms with Crippen LogP contribution < -0.4 is 11.1 Å². The first-order valence-electron chi connectivity index (χ1n) is 3.92. The lowest BCUT2D eigenvalue weighted by Crippen LogP contribution is -2.20. The Labute approximate surface area is 79.9 Å². The van der Waals surface area contributed by atoms with E-state index in [4.69, 9.17) is 5.73 Å². The maximum absolute atomic E-state index is 11.0. The number of nitrogens with one attached hydrogen (secondary N) is 1. The van der Waals surface area contributed by atoms with E-state index in [-0.39, 0.29) is 5.91 Å². The van der Waals surface area contributed by atoms with Crippen LogP contribution in [0.1, 0.15) is 5.69 Å². The quantitative estimate of drug-likeness (QED) is 0.688. The highest BCUT2D eigenvalue weighted by Gasteiger charge is 2.16. The van der Waals surface area contributed by atoms with Gasteiger partial charge in [0.1, 0.15) is 5.82 Å². The largest absolute Gasteiger partial charge is 0.325 e. The third-order valence-electron chi connectivity index (χ3n) is 1.74. The molecule has 0 unspecified atom stereocenters. The van der Waals surface area contributed by atoms with Crippen molar-refractivity contribution in [2.75, 3.05) is 11.1 Å². The molecule has 0 spiro atoms. The van der Waals surface area contributed by atoms with Crippen LogP contribution in [0.4, 0.5) is 5.82 Å². The Kier molecular flexibility index (Phi) is 2.20. The molecule has 13 heavy (non-hydrogen) atoms. The lowest BCUT2D eigenvalue weighted by molar-refractivity contribution is -0.113. The van der Waals surface area contributed by atoms with Crippen LogP contribution in [0.15, 0.2) is 17.0 Å². The molecule has 0 saturated heterocycles. The molecule has 1 aromatic heterocycles. The molecule has 0 aliphatic carbocycles. The zero-order valence-electron chi connectivity index (χ0n) is 6.91. The minimum Gasteiger partial charge on any atom is -0.325 e. The first-order valence-corrected chi connectivity index (χ1v) is 4.91. The van der Waals surface area contributed by atoms with Gasteiger partial charge in [-0.15, -0.1) is 11.8 Å². The number of anilines is 1. The number of pyridine rings is 1. The standard InChI is InChI=1S/C8H9N3OS/c9-3-5-1-2-6-8(10-5)11-7(12)4-13-6/h1-2H,3-4,9H2,(H,10,11,12). The molecule has 0 bridgehead atoms. The van der Waals surface area contributed by atoms with E-state index in [2.05, 4.69) is 10.3 Å². The Morgan fingerprint density at radius 1 is 1.62 bits per heavy atom. The topological polar surface area (TPSA) is 68.0 Å². The van der Waals surface area contributed by atoms with E-state index in [0.717, 1.165) is 10.6 Å². The second-order valence-electron chi connectivity index (χ2n) is 2.69. The van der Waals surface area contributed by atoms with Gasteiger partial charge in [0, 0.05) is 6.54 Å². The second kappa shape index (κ2) is 3.35. The molecule has 1 aromatic rings. The lowest BCUT2D eigenvalue weighted by atomic mass is 10.3. The van der Waals surface area contributed by atoms with Gasteiger partial charge in [0.25, 0.3) is 0 Å². The van der Waals surface area contributed by atoms with Gasteiger partial charge < -0.3 is 11.1 Å². The molecule has 1 aliphatic rings. The molecule has 2 heterocycles. The van der Waals surface area contributed by atoms with Gasteiger partial charge in [-0.25, -0.2) is 4.98 Å². The van der Waals surface area contributed by atoms with Gasteiger partial charge in [0.15, 0.2) is 0 Å². The van der Waals surface area contributed by atoms with Gasteiger partial charge in [-0.1, -0.05) is 0 Å². The Morgan fingerprint density at radius 3 is 3.23 bits per heavy atom. The van der Waals surface area contributed by atoms with Crippen molar-refractivity contribution in [1.29, 1.82) is 0 Å². The first-order chi connectivity index (χ1) is 6.29. The Morgan fingerprint density at radius 2 is 2.46 bits per heavy atom. The number of hydrogen-bond donors (Lipinski definition) is 2. The molecule has 4 nitrogen and oxygen atoms in total. The normalized spacial score (nSPS) is 15.0. The number of amides is 1. The van der Waals surface area contributed by atoms with Crippen molar-refractivity contribution in [2.24, 2.45) is 5.73 Å². The Balaban J connectivity index is 2.38. The fraction of sp³-hybridized carbons (Fsp3) is 0.250. The molecule has 0 aromatic carbocycles. The van der Waals surface area contributed by atoms with E-state index >= 15 is 0 Å². The molecular formula is C8H9N3OS.